The van der Waals surface area contributed by atoms with Crippen LogP contribution in [0.4, 0.5) is 0 Å². The monoisotopic (exact) mass is 185 g/mol. The number of hydrogen-bond donors (Lipinski definition) is 0. The van der Waals surface area contributed by atoms with Gasteiger partial charge in [-0.2, -0.15) is 0 Å². The van der Waals surface area contributed by atoms with Gasteiger partial charge in [-0.25, -0.2) is 0 Å². The first-order valence-electron chi connectivity index (χ1n) is 5.05. The minimum absolute atomic E-state index is 0. The fourth-order valence-corrected chi connectivity index (χ4v) is 2.15. The Bertz CT molecular complexity index is 138. The molecular formula is C12H27N. The Morgan fingerprint density at radius 2 is 1.62 bits per heavy atom. The van der Waals surface area contributed by atoms with Crippen LogP contribution in [0.5, 0.6) is 0 Å². The standard InChI is InChI=1S/C11H23N.CH4/c1-11(2,3)8-9-6-10(7-9)12(4)5;/h9-10H,6-8H2,1-5H3;1H4. The molecule has 0 aromatic rings. The summed E-state index contributed by atoms with van der Waals surface area (Å²) in [6, 6.07) is 0.873. The van der Waals surface area contributed by atoms with E-state index in [9.17, 15) is 0 Å². The highest BCUT2D eigenvalue weighted by Gasteiger charge is 2.32. The topological polar surface area (TPSA) is 3.24 Å². The van der Waals surface area contributed by atoms with Gasteiger partial charge in [-0.15, -0.1) is 0 Å². The van der Waals surface area contributed by atoms with Crippen LogP contribution in [-0.2, 0) is 0 Å². The molecule has 0 spiro atoms. The predicted molar refractivity (Wildman–Crippen MR) is 61.0 cm³/mol. The molecule has 0 amide bonds. The summed E-state index contributed by atoms with van der Waals surface area (Å²) in [4.78, 5) is 2.36. The second kappa shape index (κ2) is 4.45. The highest BCUT2D eigenvalue weighted by Crippen LogP contribution is 2.38. The average molecular weight is 185 g/mol. The largest absolute Gasteiger partial charge is 0.306 e. The van der Waals surface area contributed by atoms with Gasteiger partial charge in [0.25, 0.3) is 0 Å². The maximum Gasteiger partial charge on any atom is 0.00944 e. The average Bonchev–Trinajstić information content (AvgIpc) is 1.74. The summed E-state index contributed by atoms with van der Waals surface area (Å²) >= 11 is 0. The maximum atomic E-state index is 2.36. The normalized spacial score (nSPS) is 28.2. The zero-order chi connectivity index (χ0) is 9.35. The molecule has 0 saturated heterocycles. The van der Waals surface area contributed by atoms with Gasteiger partial charge in [0.2, 0.25) is 0 Å². The van der Waals surface area contributed by atoms with Crippen molar-refractivity contribution in [3.05, 3.63) is 0 Å². The van der Waals surface area contributed by atoms with E-state index in [-0.39, 0.29) is 7.43 Å². The molecule has 0 atom stereocenters. The molecule has 1 saturated carbocycles. The third kappa shape index (κ3) is 4.12. The zero-order valence-corrected chi connectivity index (χ0v) is 9.22. The van der Waals surface area contributed by atoms with Crippen molar-refractivity contribution >= 4 is 0 Å². The molecule has 1 heteroatoms. The summed E-state index contributed by atoms with van der Waals surface area (Å²) in [5.74, 6) is 0.998. The van der Waals surface area contributed by atoms with Crippen LogP contribution in [0.2, 0.25) is 0 Å². The molecule has 0 unspecified atom stereocenters. The van der Waals surface area contributed by atoms with Crippen LogP contribution in [-0.4, -0.2) is 25.0 Å². The lowest BCUT2D eigenvalue weighted by atomic mass is 9.71. The highest BCUT2D eigenvalue weighted by atomic mass is 15.1. The minimum Gasteiger partial charge on any atom is -0.306 e. The lowest BCUT2D eigenvalue weighted by Crippen LogP contribution is -2.41. The number of nitrogens with zero attached hydrogens (tertiary/aromatic N) is 1. The second-order valence-electron chi connectivity index (χ2n) is 5.72. The van der Waals surface area contributed by atoms with E-state index in [2.05, 4.69) is 39.8 Å². The Morgan fingerprint density at radius 1 is 1.15 bits per heavy atom. The van der Waals surface area contributed by atoms with E-state index in [0.29, 0.717) is 5.41 Å². The van der Waals surface area contributed by atoms with Crippen LogP contribution < -0.4 is 0 Å². The molecule has 80 valence electrons. The first-order valence-corrected chi connectivity index (χ1v) is 5.05. The molecule has 13 heavy (non-hydrogen) atoms. The van der Waals surface area contributed by atoms with Crippen LogP contribution in [0.25, 0.3) is 0 Å². The fraction of sp³-hybridized carbons (Fsp3) is 1.00. The van der Waals surface area contributed by atoms with Gasteiger partial charge in [0.1, 0.15) is 0 Å². The molecule has 0 heterocycles. The quantitative estimate of drug-likeness (QED) is 0.637. The number of hydrogen-bond acceptors (Lipinski definition) is 1. The molecule has 0 N–H and O–H groups in total. The van der Waals surface area contributed by atoms with Gasteiger partial charge in [0.05, 0.1) is 0 Å². The third-order valence-electron chi connectivity index (χ3n) is 2.84. The summed E-state index contributed by atoms with van der Waals surface area (Å²) < 4.78 is 0. The summed E-state index contributed by atoms with van der Waals surface area (Å²) in [7, 11) is 4.38. The van der Waals surface area contributed by atoms with E-state index in [1.54, 1.807) is 0 Å². The van der Waals surface area contributed by atoms with Crippen molar-refractivity contribution in [3.8, 4) is 0 Å². The van der Waals surface area contributed by atoms with E-state index in [1.807, 2.05) is 0 Å². The Morgan fingerprint density at radius 3 is 1.92 bits per heavy atom. The molecular weight excluding hydrogens is 158 g/mol. The first kappa shape index (κ1) is 13.0. The Balaban J connectivity index is 0.00000144. The van der Waals surface area contributed by atoms with E-state index >= 15 is 0 Å². The summed E-state index contributed by atoms with van der Waals surface area (Å²) in [6.07, 6.45) is 4.24. The SMILES string of the molecule is C.CN(C)C1CC(CC(C)(C)C)C1. The lowest BCUT2D eigenvalue weighted by molar-refractivity contribution is 0.0916. The van der Waals surface area contributed by atoms with Crippen LogP contribution in [0.3, 0.4) is 0 Å². The van der Waals surface area contributed by atoms with Gasteiger partial charge >= 0.3 is 0 Å². The fourth-order valence-electron chi connectivity index (χ4n) is 2.15. The summed E-state index contributed by atoms with van der Waals surface area (Å²) in [6.45, 7) is 7.03. The van der Waals surface area contributed by atoms with Gasteiger partial charge < -0.3 is 4.90 Å². The lowest BCUT2D eigenvalue weighted by Gasteiger charge is -2.42. The molecule has 1 fully saturated rings. The van der Waals surface area contributed by atoms with Crippen LogP contribution in [0.15, 0.2) is 0 Å². The van der Waals surface area contributed by atoms with Gasteiger partial charge in [-0.1, -0.05) is 28.2 Å². The minimum atomic E-state index is 0. The highest BCUT2D eigenvalue weighted by molar-refractivity contribution is 4.86. The van der Waals surface area contributed by atoms with E-state index < -0.39 is 0 Å². The van der Waals surface area contributed by atoms with E-state index in [1.165, 1.54) is 19.3 Å². The molecule has 0 bridgehead atoms. The van der Waals surface area contributed by atoms with Crippen molar-refractivity contribution in [1.82, 2.24) is 4.90 Å². The second-order valence-corrected chi connectivity index (χ2v) is 5.72. The van der Waals surface area contributed by atoms with Crippen molar-refractivity contribution < 1.29 is 0 Å². The predicted octanol–water partition coefficient (Wildman–Crippen LogP) is 3.40. The third-order valence-corrected chi connectivity index (χ3v) is 2.84. The van der Waals surface area contributed by atoms with Gasteiger partial charge in [-0.05, 0) is 44.7 Å². The van der Waals surface area contributed by atoms with Crippen molar-refractivity contribution in [2.45, 2.75) is 53.5 Å². The Hall–Kier alpha value is -0.0400. The van der Waals surface area contributed by atoms with Crippen LogP contribution in [0.1, 0.15) is 47.5 Å². The van der Waals surface area contributed by atoms with E-state index in [0.717, 1.165) is 12.0 Å². The van der Waals surface area contributed by atoms with Crippen LogP contribution >= 0.6 is 0 Å². The Kier molecular flexibility index (Phi) is 4.44. The molecule has 0 radical (unpaired) electrons. The van der Waals surface area contributed by atoms with Crippen molar-refractivity contribution in [2.75, 3.05) is 14.1 Å². The molecule has 0 aliphatic heterocycles. The van der Waals surface area contributed by atoms with Crippen molar-refractivity contribution in [2.24, 2.45) is 11.3 Å². The Labute approximate surface area is 84.5 Å². The molecule has 0 aromatic heterocycles. The number of rotatable bonds is 2. The zero-order valence-electron chi connectivity index (χ0n) is 9.22. The molecule has 1 rings (SSSR count). The van der Waals surface area contributed by atoms with Gasteiger partial charge in [0, 0.05) is 6.04 Å². The first-order chi connectivity index (χ1) is 5.38. The van der Waals surface area contributed by atoms with Crippen molar-refractivity contribution in [3.63, 3.8) is 0 Å². The molecule has 1 aliphatic carbocycles. The van der Waals surface area contributed by atoms with E-state index in [4.69, 9.17) is 0 Å². The van der Waals surface area contributed by atoms with Crippen molar-refractivity contribution in [1.29, 1.82) is 0 Å². The van der Waals surface area contributed by atoms with Gasteiger partial charge in [0.15, 0.2) is 0 Å². The maximum absolute atomic E-state index is 2.36. The molecule has 0 aromatic carbocycles. The molecule has 1 aliphatic rings. The summed E-state index contributed by atoms with van der Waals surface area (Å²) in [5, 5.41) is 0. The molecule has 1 nitrogen and oxygen atoms in total. The van der Waals surface area contributed by atoms with Gasteiger partial charge in [-0.3, -0.25) is 0 Å². The summed E-state index contributed by atoms with van der Waals surface area (Å²) in [5.41, 5.74) is 0.530. The smallest absolute Gasteiger partial charge is 0.00944 e. The van der Waals surface area contributed by atoms with Crippen LogP contribution in [0, 0.1) is 11.3 Å².